The molecular weight excluding hydrogens is 465 g/mol. The first-order valence-electron chi connectivity index (χ1n) is 7.89. The Morgan fingerprint density at radius 1 is 1.19 bits per heavy atom. The van der Waals surface area contributed by atoms with Gasteiger partial charge in [-0.25, -0.2) is 19.1 Å². The molecule has 3 rings (SSSR count). The molecule has 0 radical (unpaired) electrons. The third-order valence-electron chi connectivity index (χ3n) is 3.64. The lowest BCUT2D eigenvalue weighted by molar-refractivity contribution is -0.163. The summed E-state index contributed by atoms with van der Waals surface area (Å²) < 4.78 is 6.93. The van der Waals surface area contributed by atoms with Crippen molar-refractivity contribution >= 4 is 51.4 Å². The van der Waals surface area contributed by atoms with Crippen LogP contribution in [0.1, 0.15) is 0 Å². The minimum atomic E-state index is -1.66. The molecule has 9 heteroatoms. The second kappa shape index (κ2) is 8.16. The molecule has 0 spiro atoms. The molecule has 0 aliphatic heterocycles. The van der Waals surface area contributed by atoms with Gasteiger partial charge in [0.05, 0.1) is 23.1 Å². The second-order valence-corrected chi connectivity index (χ2v) is 6.69. The molecule has 8 nitrogen and oxygen atoms in total. The zero-order valence-corrected chi connectivity index (χ0v) is 16.0. The smallest absolute Gasteiger partial charge is 0.417 e. The summed E-state index contributed by atoms with van der Waals surface area (Å²) in [5.74, 6) is -2.72. The SMILES string of the molecule is O=C(O)C(=O)OCCNc1nc2ccc(I)cc2c(=O)n1-c1ccccc1. The van der Waals surface area contributed by atoms with Crippen LogP contribution in [0.25, 0.3) is 16.6 Å². The largest absolute Gasteiger partial charge is 0.473 e. The number of hydrogen-bond acceptors (Lipinski definition) is 6. The summed E-state index contributed by atoms with van der Waals surface area (Å²) in [7, 11) is 0. The Morgan fingerprint density at radius 2 is 1.93 bits per heavy atom. The number of carbonyl (C=O) groups is 2. The van der Waals surface area contributed by atoms with Crippen molar-refractivity contribution in [2.45, 2.75) is 0 Å². The molecule has 0 unspecified atom stereocenters. The van der Waals surface area contributed by atoms with E-state index < -0.39 is 11.9 Å². The molecular formula is C18H14IN3O5. The first-order chi connectivity index (χ1) is 13.0. The number of nitrogens with zero attached hydrogens (tertiary/aromatic N) is 2. The maximum absolute atomic E-state index is 13.0. The zero-order valence-electron chi connectivity index (χ0n) is 13.9. The molecule has 0 atom stereocenters. The number of ether oxygens (including phenoxy) is 1. The number of aromatic nitrogens is 2. The molecule has 0 bridgehead atoms. The molecule has 2 N–H and O–H groups in total. The van der Waals surface area contributed by atoms with Crippen LogP contribution in [-0.2, 0) is 14.3 Å². The molecule has 1 heterocycles. The van der Waals surface area contributed by atoms with Crippen molar-refractivity contribution in [2.24, 2.45) is 0 Å². The van der Waals surface area contributed by atoms with Crippen LogP contribution in [0.15, 0.2) is 53.3 Å². The topological polar surface area (TPSA) is 111 Å². The van der Waals surface area contributed by atoms with E-state index >= 15 is 0 Å². The molecule has 0 aliphatic carbocycles. The summed E-state index contributed by atoms with van der Waals surface area (Å²) in [6.45, 7) is -0.0886. The standard InChI is InChI=1S/C18H14IN3O5/c19-11-6-7-14-13(10-11)15(23)22(12-4-2-1-3-5-12)18(21-14)20-8-9-27-17(26)16(24)25/h1-7,10H,8-9H2,(H,20,21)(H,24,25). The van der Waals surface area contributed by atoms with Crippen LogP contribution >= 0.6 is 22.6 Å². The van der Waals surface area contributed by atoms with E-state index in [0.717, 1.165) is 3.57 Å². The van der Waals surface area contributed by atoms with Gasteiger partial charge in [-0.15, -0.1) is 0 Å². The first-order valence-corrected chi connectivity index (χ1v) is 8.97. The Hall–Kier alpha value is -2.95. The fourth-order valence-corrected chi connectivity index (χ4v) is 2.95. The number of para-hydroxylation sites is 1. The van der Waals surface area contributed by atoms with Crippen molar-refractivity contribution in [3.05, 3.63) is 62.5 Å². The van der Waals surface area contributed by atoms with Gasteiger partial charge in [-0.2, -0.15) is 0 Å². The summed E-state index contributed by atoms with van der Waals surface area (Å²) in [5, 5.41) is 11.9. The fraction of sp³-hybridized carbons (Fsp3) is 0.111. The number of esters is 1. The molecule has 0 saturated carbocycles. The first kappa shape index (κ1) is 18.8. The number of carboxylic acid groups (broad SMARTS) is 1. The van der Waals surface area contributed by atoms with E-state index in [4.69, 9.17) is 5.11 Å². The number of fused-ring (bicyclic) bond motifs is 1. The summed E-state index contributed by atoms with van der Waals surface area (Å²) in [4.78, 5) is 39.0. The van der Waals surface area contributed by atoms with E-state index in [0.29, 0.717) is 16.6 Å². The number of carbonyl (C=O) groups excluding carboxylic acids is 1. The van der Waals surface area contributed by atoms with Crippen LogP contribution in [0.3, 0.4) is 0 Å². The molecule has 1 aromatic heterocycles. The van der Waals surface area contributed by atoms with Crippen molar-refractivity contribution in [3.63, 3.8) is 0 Å². The van der Waals surface area contributed by atoms with Crippen LogP contribution in [0.4, 0.5) is 5.95 Å². The molecule has 0 amide bonds. The van der Waals surface area contributed by atoms with Gasteiger partial charge < -0.3 is 15.2 Å². The van der Waals surface area contributed by atoms with Gasteiger partial charge in [0.1, 0.15) is 6.61 Å². The van der Waals surface area contributed by atoms with Crippen LogP contribution in [-0.4, -0.2) is 39.7 Å². The van der Waals surface area contributed by atoms with E-state index in [1.54, 1.807) is 36.4 Å². The summed E-state index contributed by atoms with van der Waals surface area (Å²) in [6, 6.07) is 14.4. The molecule has 3 aromatic rings. The van der Waals surface area contributed by atoms with Gasteiger partial charge in [-0.3, -0.25) is 4.79 Å². The van der Waals surface area contributed by atoms with Crippen LogP contribution < -0.4 is 10.9 Å². The monoisotopic (exact) mass is 479 g/mol. The Kier molecular flexibility index (Phi) is 5.69. The number of anilines is 1. The third-order valence-corrected chi connectivity index (χ3v) is 4.31. The lowest BCUT2D eigenvalue weighted by Crippen LogP contribution is -2.26. The van der Waals surface area contributed by atoms with Crippen LogP contribution in [0.2, 0.25) is 0 Å². The number of carboxylic acids is 1. The highest BCUT2D eigenvalue weighted by molar-refractivity contribution is 14.1. The van der Waals surface area contributed by atoms with Gasteiger partial charge in [0.2, 0.25) is 5.95 Å². The number of aliphatic carboxylic acids is 1. The summed E-state index contributed by atoms with van der Waals surface area (Å²) >= 11 is 2.13. The van der Waals surface area contributed by atoms with E-state index in [1.807, 2.05) is 12.1 Å². The Morgan fingerprint density at radius 3 is 2.63 bits per heavy atom. The summed E-state index contributed by atoms with van der Waals surface area (Å²) in [5.41, 5.74) is 0.910. The van der Waals surface area contributed by atoms with Gasteiger partial charge in [0.15, 0.2) is 0 Å². The molecule has 2 aromatic carbocycles. The Balaban J connectivity index is 1.97. The van der Waals surface area contributed by atoms with Crippen molar-refractivity contribution < 1.29 is 19.4 Å². The molecule has 138 valence electrons. The second-order valence-electron chi connectivity index (χ2n) is 5.44. The molecule has 0 saturated heterocycles. The van der Waals surface area contributed by atoms with Gasteiger partial charge in [-0.1, -0.05) is 18.2 Å². The normalized spacial score (nSPS) is 10.6. The predicted octanol–water partition coefficient (Wildman–Crippen LogP) is 2.03. The van der Waals surface area contributed by atoms with Crippen molar-refractivity contribution in [3.8, 4) is 5.69 Å². The van der Waals surface area contributed by atoms with E-state index in [-0.39, 0.29) is 24.7 Å². The van der Waals surface area contributed by atoms with Gasteiger partial charge >= 0.3 is 11.9 Å². The van der Waals surface area contributed by atoms with Crippen molar-refractivity contribution in [2.75, 3.05) is 18.5 Å². The van der Waals surface area contributed by atoms with E-state index in [1.165, 1.54) is 4.57 Å². The minimum absolute atomic E-state index is 0.0914. The molecule has 0 fully saturated rings. The average molecular weight is 479 g/mol. The van der Waals surface area contributed by atoms with E-state index in [2.05, 4.69) is 37.6 Å². The van der Waals surface area contributed by atoms with Gasteiger partial charge in [0.25, 0.3) is 5.56 Å². The number of rotatable bonds is 5. The fourth-order valence-electron chi connectivity index (χ4n) is 2.46. The van der Waals surface area contributed by atoms with Crippen molar-refractivity contribution in [1.82, 2.24) is 9.55 Å². The number of nitrogens with one attached hydrogen (secondary N) is 1. The molecule has 0 aliphatic rings. The van der Waals surface area contributed by atoms with Crippen molar-refractivity contribution in [1.29, 1.82) is 0 Å². The van der Waals surface area contributed by atoms with Gasteiger partial charge in [-0.05, 0) is 52.9 Å². The molecule has 27 heavy (non-hydrogen) atoms. The number of benzene rings is 2. The average Bonchev–Trinajstić information content (AvgIpc) is 2.66. The number of halogens is 1. The maximum atomic E-state index is 13.0. The Bertz CT molecular complexity index is 1070. The lowest BCUT2D eigenvalue weighted by Gasteiger charge is -2.15. The third kappa shape index (κ3) is 4.25. The van der Waals surface area contributed by atoms with Crippen LogP contribution in [0, 0.1) is 3.57 Å². The quantitative estimate of drug-likeness (QED) is 0.250. The summed E-state index contributed by atoms with van der Waals surface area (Å²) in [6.07, 6.45) is 0. The highest BCUT2D eigenvalue weighted by atomic mass is 127. The van der Waals surface area contributed by atoms with Gasteiger partial charge in [0, 0.05) is 3.57 Å². The highest BCUT2D eigenvalue weighted by Gasteiger charge is 2.14. The minimum Gasteiger partial charge on any atom is -0.473 e. The van der Waals surface area contributed by atoms with E-state index in [9.17, 15) is 14.4 Å². The predicted molar refractivity (Wildman–Crippen MR) is 107 cm³/mol. The van der Waals surface area contributed by atoms with Crippen LogP contribution in [0.5, 0.6) is 0 Å². The lowest BCUT2D eigenvalue weighted by atomic mass is 10.2. The number of hydrogen-bond donors (Lipinski definition) is 2. The highest BCUT2D eigenvalue weighted by Crippen LogP contribution is 2.18. The zero-order chi connectivity index (χ0) is 19.4. The maximum Gasteiger partial charge on any atom is 0.417 e. The Labute approximate surface area is 166 Å².